The molecular formula is C25H27F3IN5O. The SMILES string of the molecule is CC(C)(Cn1ncc2ccc(NC(=O)c3ccc(I)cc3N3CCC4(CC3)CC4)nc21)C(F)(F)F. The maximum absolute atomic E-state index is 13.4. The van der Waals surface area contributed by atoms with E-state index in [1.807, 2.05) is 18.2 Å². The van der Waals surface area contributed by atoms with Gasteiger partial charge in [-0.1, -0.05) is 0 Å². The van der Waals surface area contributed by atoms with E-state index in [2.05, 4.69) is 42.9 Å². The highest BCUT2D eigenvalue weighted by Gasteiger charge is 2.48. The number of alkyl halides is 3. The quantitative estimate of drug-likeness (QED) is 0.353. The van der Waals surface area contributed by atoms with Crippen molar-refractivity contribution in [2.45, 2.75) is 52.3 Å². The molecule has 1 amide bonds. The smallest absolute Gasteiger partial charge is 0.371 e. The lowest BCUT2D eigenvalue weighted by molar-refractivity contribution is -0.216. The van der Waals surface area contributed by atoms with Gasteiger partial charge in [0.2, 0.25) is 0 Å². The first-order valence-corrected chi connectivity index (χ1v) is 12.8. The molecule has 6 nitrogen and oxygen atoms in total. The Bertz CT molecular complexity index is 1270. The zero-order chi connectivity index (χ0) is 25.0. The van der Waals surface area contributed by atoms with E-state index in [-0.39, 0.29) is 18.3 Å². The minimum absolute atomic E-state index is 0.272. The van der Waals surface area contributed by atoms with Crippen LogP contribution in [0.15, 0.2) is 36.5 Å². The van der Waals surface area contributed by atoms with Crippen LogP contribution >= 0.6 is 22.6 Å². The summed E-state index contributed by atoms with van der Waals surface area (Å²) in [6, 6.07) is 9.10. The van der Waals surface area contributed by atoms with E-state index >= 15 is 0 Å². The third-order valence-corrected chi connectivity index (χ3v) is 8.04. The van der Waals surface area contributed by atoms with Gasteiger partial charge in [-0.3, -0.25) is 4.79 Å². The Morgan fingerprint density at radius 1 is 1.11 bits per heavy atom. The molecule has 0 atom stereocenters. The summed E-state index contributed by atoms with van der Waals surface area (Å²) < 4.78 is 42.5. The number of nitrogens with zero attached hydrogens (tertiary/aromatic N) is 4. The van der Waals surface area contributed by atoms with Gasteiger partial charge in [-0.15, -0.1) is 0 Å². The van der Waals surface area contributed by atoms with Crippen LogP contribution in [0.1, 0.15) is 49.9 Å². The molecule has 1 spiro atoms. The molecule has 35 heavy (non-hydrogen) atoms. The molecular weight excluding hydrogens is 570 g/mol. The normalized spacial score (nSPS) is 17.7. The second kappa shape index (κ2) is 8.63. The summed E-state index contributed by atoms with van der Waals surface area (Å²) >= 11 is 2.25. The number of pyridine rings is 1. The molecule has 3 heterocycles. The maximum Gasteiger partial charge on any atom is 0.395 e. The number of nitrogens with one attached hydrogen (secondary N) is 1. The zero-order valence-electron chi connectivity index (χ0n) is 19.6. The Balaban J connectivity index is 1.38. The molecule has 1 N–H and O–H groups in total. The van der Waals surface area contributed by atoms with Gasteiger partial charge in [0.15, 0.2) is 5.65 Å². The molecule has 5 rings (SSSR count). The van der Waals surface area contributed by atoms with Gasteiger partial charge < -0.3 is 10.2 Å². The lowest BCUT2D eigenvalue weighted by atomic mass is 9.93. The van der Waals surface area contributed by atoms with E-state index in [1.165, 1.54) is 23.7 Å². The summed E-state index contributed by atoms with van der Waals surface area (Å²) in [6.07, 6.45) is 2.02. The van der Waals surface area contributed by atoms with Gasteiger partial charge in [0.1, 0.15) is 5.82 Å². The number of carbonyl (C=O) groups is 1. The van der Waals surface area contributed by atoms with Crippen LogP contribution in [0, 0.1) is 14.4 Å². The van der Waals surface area contributed by atoms with Crippen molar-refractivity contribution in [3.8, 4) is 0 Å². The maximum atomic E-state index is 13.4. The number of aromatic nitrogens is 3. The fourth-order valence-electron chi connectivity index (χ4n) is 4.64. The third-order valence-electron chi connectivity index (χ3n) is 7.37. The van der Waals surface area contributed by atoms with Gasteiger partial charge in [0, 0.05) is 22.0 Å². The van der Waals surface area contributed by atoms with Gasteiger partial charge in [-0.25, -0.2) is 9.67 Å². The molecule has 1 aliphatic heterocycles. The fourth-order valence-corrected chi connectivity index (χ4v) is 5.12. The van der Waals surface area contributed by atoms with Crippen LogP contribution in [0.25, 0.3) is 11.0 Å². The average Bonchev–Trinajstić information content (AvgIpc) is 3.44. The van der Waals surface area contributed by atoms with Crippen molar-refractivity contribution < 1.29 is 18.0 Å². The number of halogens is 4. The molecule has 2 fully saturated rings. The first-order chi connectivity index (χ1) is 16.5. The number of amides is 1. The van der Waals surface area contributed by atoms with Crippen LogP contribution in [0.4, 0.5) is 24.7 Å². The molecule has 3 aromatic rings. The predicted molar refractivity (Wildman–Crippen MR) is 138 cm³/mol. The first-order valence-electron chi connectivity index (χ1n) is 11.7. The van der Waals surface area contributed by atoms with Crippen molar-refractivity contribution in [2.75, 3.05) is 23.3 Å². The van der Waals surface area contributed by atoms with Crippen molar-refractivity contribution in [3.05, 3.63) is 45.7 Å². The highest BCUT2D eigenvalue weighted by Crippen LogP contribution is 2.54. The van der Waals surface area contributed by atoms with E-state index in [1.54, 1.807) is 12.1 Å². The number of piperidine rings is 1. The van der Waals surface area contributed by atoms with Crippen molar-refractivity contribution in [1.29, 1.82) is 0 Å². The summed E-state index contributed by atoms with van der Waals surface area (Å²) in [5, 5.41) is 7.56. The van der Waals surface area contributed by atoms with Gasteiger partial charge >= 0.3 is 6.18 Å². The summed E-state index contributed by atoms with van der Waals surface area (Å²) in [4.78, 5) is 20.0. The Kier molecular flexibility index (Phi) is 6.00. The number of hydrogen-bond acceptors (Lipinski definition) is 4. The molecule has 0 bridgehead atoms. The molecule has 0 radical (unpaired) electrons. The molecule has 186 valence electrons. The van der Waals surface area contributed by atoms with Crippen molar-refractivity contribution in [1.82, 2.24) is 14.8 Å². The van der Waals surface area contributed by atoms with Crippen LogP contribution < -0.4 is 10.2 Å². The second-order valence-electron chi connectivity index (χ2n) is 10.4. The van der Waals surface area contributed by atoms with Crippen LogP contribution in [0.3, 0.4) is 0 Å². The molecule has 1 aliphatic carbocycles. The Hall–Kier alpha value is -2.37. The fraction of sp³-hybridized carbons (Fsp3) is 0.480. The number of hydrogen-bond donors (Lipinski definition) is 1. The van der Waals surface area contributed by atoms with Crippen LogP contribution in [0.5, 0.6) is 0 Å². The lowest BCUT2D eigenvalue weighted by Crippen LogP contribution is -2.36. The molecule has 10 heteroatoms. The second-order valence-corrected chi connectivity index (χ2v) is 11.6. The lowest BCUT2D eigenvalue weighted by Gasteiger charge is -2.35. The zero-order valence-corrected chi connectivity index (χ0v) is 21.8. The number of fused-ring (bicyclic) bond motifs is 1. The molecule has 0 unspecified atom stereocenters. The first kappa shape index (κ1) is 24.3. The molecule has 2 aromatic heterocycles. The van der Waals surface area contributed by atoms with Gasteiger partial charge in [0.05, 0.1) is 29.4 Å². The van der Waals surface area contributed by atoms with Gasteiger partial charge in [-0.05, 0) is 97.9 Å². The summed E-state index contributed by atoms with van der Waals surface area (Å²) in [7, 11) is 0. The van der Waals surface area contributed by atoms with Crippen LogP contribution in [0.2, 0.25) is 0 Å². The van der Waals surface area contributed by atoms with E-state index in [9.17, 15) is 18.0 Å². The standard InChI is InChI=1S/C25H27F3IN5O/c1-23(2,25(26,27)28)15-34-21-16(14-30-34)3-6-20(31-21)32-22(35)18-5-4-17(29)13-19(18)33-11-9-24(7-8-24)10-12-33/h3-6,13-14H,7-12,15H2,1-2H3,(H,31,32,35). The Morgan fingerprint density at radius 2 is 1.83 bits per heavy atom. The highest BCUT2D eigenvalue weighted by molar-refractivity contribution is 14.1. The minimum atomic E-state index is -4.38. The molecule has 2 aliphatic rings. The Morgan fingerprint density at radius 3 is 2.49 bits per heavy atom. The topological polar surface area (TPSA) is 63.1 Å². The molecule has 1 aromatic carbocycles. The largest absolute Gasteiger partial charge is 0.395 e. The molecule has 1 saturated heterocycles. The van der Waals surface area contributed by atoms with Gasteiger partial charge in [0.25, 0.3) is 5.91 Å². The van der Waals surface area contributed by atoms with Crippen LogP contribution in [-0.4, -0.2) is 39.9 Å². The van der Waals surface area contributed by atoms with Crippen molar-refractivity contribution in [2.24, 2.45) is 10.8 Å². The van der Waals surface area contributed by atoms with E-state index < -0.39 is 11.6 Å². The predicted octanol–water partition coefficient (Wildman–Crippen LogP) is 6.26. The van der Waals surface area contributed by atoms with Crippen LogP contribution in [-0.2, 0) is 6.54 Å². The summed E-state index contributed by atoms with van der Waals surface area (Å²) in [5.41, 5.74) is 0.322. The summed E-state index contributed by atoms with van der Waals surface area (Å²) in [5.74, 6) is -0.0224. The number of anilines is 2. The monoisotopic (exact) mass is 597 g/mol. The molecule has 1 saturated carbocycles. The summed E-state index contributed by atoms with van der Waals surface area (Å²) in [6.45, 7) is 3.76. The average molecular weight is 597 g/mol. The van der Waals surface area contributed by atoms with Gasteiger partial charge in [-0.2, -0.15) is 18.3 Å². The Labute approximate surface area is 215 Å². The van der Waals surface area contributed by atoms with Crippen molar-refractivity contribution >= 4 is 51.0 Å². The third kappa shape index (κ3) is 4.85. The van der Waals surface area contributed by atoms with E-state index in [0.717, 1.165) is 49.0 Å². The van der Waals surface area contributed by atoms with Crippen molar-refractivity contribution in [3.63, 3.8) is 0 Å². The number of rotatable bonds is 5. The van der Waals surface area contributed by atoms with E-state index in [0.29, 0.717) is 22.0 Å². The van der Waals surface area contributed by atoms with E-state index in [4.69, 9.17) is 0 Å². The minimum Gasteiger partial charge on any atom is -0.371 e. The highest BCUT2D eigenvalue weighted by atomic mass is 127. The number of carbonyl (C=O) groups excluding carboxylic acids is 1. The number of benzene rings is 1.